The van der Waals surface area contributed by atoms with Crippen molar-refractivity contribution in [1.29, 1.82) is 0 Å². The Bertz CT molecular complexity index is 1500. The molecule has 0 bridgehead atoms. The third kappa shape index (κ3) is 5.13. The summed E-state index contributed by atoms with van der Waals surface area (Å²) < 4.78 is 29.4. The van der Waals surface area contributed by atoms with Crippen LogP contribution in [0.4, 0.5) is 10.1 Å². The predicted molar refractivity (Wildman–Crippen MR) is 143 cm³/mol. The number of nitrogens with one attached hydrogen (secondary N) is 2. The molecule has 5 heterocycles. The maximum absolute atomic E-state index is 14.8. The van der Waals surface area contributed by atoms with Crippen LogP contribution in [0, 0.1) is 0 Å². The maximum atomic E-state index is 14.8. The summed E-state index contributed by atoms with van der Waals surface area (Å²) in [6.45, 7) is 8.07. The molecule has 12 heteroatoms. The number of hydrogen-bond donors (Lipinski definition) is 2. The number of likely N-dealkylation sites (tertiary alicyclic amines) is 1. The molecule has 2 N–H and O–H groups in total. The number of rotatable bonds is 7. The van der Waals surface area contributed by atoms with Gasteiger partial charge in [-0.1, -0.05) is 12.1 Å². The van der Waals surface area contributed by atoms with Crippen molar-refractivity contribution < 1.29 is 18.4 Å². The molecule has 206 valence electrons. The molecular formula is C27H33FN8O3. The molecule has 6 rings (SSSR count). The van der Waals surface area contributed by atoms with Gasteiger partial charge in [-0.05, 0) is 51.5 Å². The number of piperidine rings is 1. The third-order valence-corrected chi connectivity index (χ3v) is 7.24. The van der Waals surface area contributed by atoms with Crippen molar-refractivity contribution in [2.45, 2.75) is 57.6 Å². The smallest absolute Gasteiger partial charge is 0.291 e. The highest BCUT2D eigenvalue weighted by atomic mass is 19.1. The lowest BCUT2D eigenvalue weighted by molar-refractivity contribution is 0.0946. The first kappa shape index (κ1) is 25.5. The molecule has 0 aliphatic carbocycles. The van der Waals surface area contributed by atoms with Crippen molar-refractivity contribution in [2.75, 3.05) is 32.1 Å². The van der Waals surface area contributed by atoms with E-state index in [-0.39, 0.29) is 42.0 Å². The van der Waals surface area contributed by atoms with Gasteiger partial charge in [0.25, 0.3) is 11.9 Å². The van der Waals surface area contributed by atoms with Crippen molar-refractivity contribution in [3.63, 3.8) is 0 Å². The Labute approximate surface area is 225 Å². The number of carbonyl (C=O) groups excluding carboxylic acids is 1. The quantitative estimate of drug-likeness (QED) is 0.345. The van der Waals surface area contributed by atoms with Crippen LogP contribution in [0.5, 0.6) is 0 Å². The van der Waals surface area contributed by atoms with Gasteiger partial charge in [-0.15, -0.1) is 0 Å². The number of halogens is 1. The first-order valence-electron chi connectivity index (χ1n) is 13.2. The molecule has 2 fully saturated rings. The van der Waals surface area contributed by atoms with Gasteiger partial charge in [0.1, 0.15) is 17.8 Å². The van der Waals surface area contributed by atoms with Gasteiger partial charge in [0.05, 0.1) is 36.1 Å². The number of anilines is 1. The predicted octanol–water partition coefficient (Wildman–Crippen LogP) is 3.42. The van der Waals surface area contributed by atoms with Gasteiger partial charge in [-0.3, -0.25) is 4.79 Å². The molecule has 1 aromatic carbocycles. The first-order chi connectivity index (χ1) is 18.7. The Morgan fingerprint density at radius 3 is 2.79 bits per heavy atom. The minimum atomic E-state index is -0.977. The molecule has 0 radical (unpaired) electrons. The molecular weight excluding hydrogens is 503 g/mol. The van der Waals surface area contributed by atoms with E-state index in [1.807, 2.05) is 47.1 Å². The van der Waals surface area contributed by atoms with Crippen LogP contribution in [0.25, 0.3) is 16.9 Å². The first-order valence-corrected chi connectivity index (χ1v) is 13.2. The zero-order chi connectivity index (χ0) is 27.3. The van der Waals surface area contributed by atoms with Gasteiger partial charge in [0.2, 0.25) is 5.89 Å². The summed E-state index contributed by atoms with van der Waals surface area (Å²) in [6, 6.07) is 7.28. The van der Waals surface area contributed by atoms with Gasteiger partial charge >= 0.3 is 0 Å². The zero-order valence-corrected chi connectivity index (χ0v) is 22.5. The summed E-state index contributed by atoms with van der Waals surface area (Å²) >= 11 is 0. The number of ether oxygens (including phenoxy) is 1. The number of alkyl halides is 1. The van der Waals surface area contributed by atoms with Crippen molar-refractivity contribution in [3.05, 3.63) is 53.8 Å². The van der Waals surface area contributed by atoms with Crippen molar-refractivity contribution >= 4 is 22.5 Å². The lowest BCUT2D eigenvalue weighted by Crippen LogP contribution is -2.46. The van der Waals surface area contributed by atoms with E-state index in [2.05, 4.69) is 41.5 Å². The Hall–Kier alpha value is -3.77. The summed E-state index contributed by atoms with van der Waals surface area (Å²) in [5, 5.41) is 16.0. The number of nitrogens with zero attached hydrogens (tertiary/aromatic N) is 6. The van der Waals surface area contributed by atoms with Crippen LogP contribution in [-0.4, -0.2) is 74.3 Å². The molecule has 2 saturated heterocycles. The minimum absolute atomic E-state index is 0.0728. The highest BCUT2D eigenvalue weighted by Crippen LogP contribution is 2.38. The van der Waals surface area contributed by atoms with Crippen molar-refractivity contribution in [3.8, 4) is 5.95 Å². The van der Waals surface area contributed by atoms with E-state index in [0.717, 1.165) is 23.3 Å². The molecule has 11 nitrogen and oxygen atoms in total. The van der Waals surface area contributed by atoms with E-state index in [1.54, 1.807) is 10.7 Å². The summed E-state index contributed by atoms with van der Waals surface area (Å²) in [6.07, 6.45) is 3.28. The molecule has 2 aliphatic rings. The maximum Gasteiger partial charge on any atom is 0.291 e. The number of amides is 1. The second-order valence-corrected chi connectivity index (χ2v) is 11.3. The lowest BCUT2D eigenvalue weighted by atomic mass is 10.0. The van der Waals surface area contributed by atoms with Crippen molar-refractivity contribution in [1.82, 2.24) is 34.7 Å². The Morgan fingerprint density at radius 2 is 2.08 bits per heavy atom. The largest absolute Gasteiger partial charge is 0.377 e. The topological polar surface area (TPSA) is 119 Å². The van der Waals surface area contributed by atoms with E-state index in [4.69, 9.17) is 14.4 Å². The van der Waals surface area contributed by atoms with Gasteiger partial charge in [-0.2, -0.15) is 14.8 Å². The van der Waals surface area contributed by atoms with Crippen LogP contribution < -0.4 is 10.6 Å². The van der Waals surface area contributed by atoms with Gasteiger partial charge < -0.3 is 29.4 Å². The normalized spacial score (nSPS) is 21.8. The van der Waals surface area contributed by atoms with Gasteiger partial charge in [-0.25, -0.2) is 4.39 Å². The number of benzene rings is 1. The Kier molecular flexibility index (Phi) is 6.38. The molecule has 4 aromatic rings. The Balaban J connectivity index is 1.22. The number of aromatic nitrogens is 5. The fourth-order valence-corrected chi connectivity index (χ4v) is 4.94. The zero-order valence-electron chi connectivity index (χ0n) is 22.5. The average molecular weight is 537 g/mol. The van der Waals surface area contributed by atoms with Gasteiger partial charge in [0.15, 0.2) is 0 Å². The summed E-state index contributed by atoms with van der Waals surface area (Å²) in [4.78, 5) is 19.1. The standard InChI is InChI=1S/C27H33FN8O3/c1-27(2,3)35-11-8-16(13-35)25(37)29-12-22-31-26(33-39-22)36-24(21-15-38-21)17-6-5-7-20(23(17)32-36)30-19-9-10-34(4)14-18(19)28/h5-8,11,13,18-19,21,30H,9-10,12,14-15H2,1-4H3,(H,29,37)/t18-,19+,21-/m0/s1. The number of epoxide rings is 1. The lowest BCUT2D eigenvalue weighted by Gasteiger charge is -2.33. The molecule has 3 atom stereocenters. The number of fused-ring (bicyclic) bond motifs is 1. The summed E-state index contributed by atoms with van der Waals surface area (Å²) in [7, 11) is 1.93. The van der Waals surface area contributed by atoms with Crippen LogP contribution in [-0.2, 0) is 16.8 Å². The fourth-order valence-electron chi connectivity index (χ4n) is 4.94. The van der Waals surface area contributed by atoms with E-state index in [9.17, 15) is 9.18 Å². The number of carbonyl (C=O) groups is 1. The molecule has 1 amide bonds. The second kappa shape index (κ2) is 9.76. The second-order valence-electron chi connectivity index (χ2n) is 11.3. The molecule has 39 heavy (non-hydrogen) atoms. The number of hydrogen-bond acceptors (Lipinski definition) is 8. The highest BCUT2D eigenvalue weighted by molar-refractivity contribution is 5.94. The Morgan fingerprint density at radius 1 is 1.26 bits per heavy atom. The fraction of sp³-hybridized carbons (Fsp3) is 0.481. The molecule has 0 spiro atoms. The van der Waals surface area contributed by atoms with E-state index < -0.39 is 6.17 Å². The van der Waals surface area contributed by atoms with E-state index in [1.165, 1.54) is 0 Å². The van der Waals surface area contributed by atoms with E-state index in [0.29, 0.717) is 30.7 Å². The molecule has 0 saturated carbocycles. The SMILES string of the molecule is CN1CC[C@@H](Nc2cccc3c([C@@H]4CO4)n(-c4noc(CNC(=O)c5ccn(C(C)(C)C)c5)n4)nc23)[C@@H](F)C1. The van der Waals surface area contributed by atoms with Crippen LogP contribution >= 0.6 is 0 Å². The van der Waals surface area contributed by atoms with Crippen LogP contribution in [0.3, 0.4) is 0 Å². The minimum Gasteiger partial charge on any atom is -0.377 e. The van der Waals surface area contributed by atoms with Gasteiger partial charge in [0, 0.05) is 36.4 Å². The molecule has 2 aliphatic heterocycles. The van der Waals surface area contributed by atoms with Crippen molar-refractivity contribution in [2.24, 2.45) is 0 Å². The monoisotopic (exact) mass is 536 g/mol. The van der Waals surface area contributed by atoms with Crippen LogP contribution in [0.2, 0.25) is 0 Å². The molecule has 0 unspecified atom stereocenters. The van der Waals surface area contributed by atoms with Crippen LogP contribution in [0.1, 0.15) is 55.2 Å². The molecule has 3 aromatic heterocycles. The van der Waals surface area contributed by atoms with E-state index >= 15 is 0 Å². The van der Waals surface area contributed by atoms with Crippen LogP contribution in [0.15, 0.2) is 41.2 Å². The third-order valence-electron chi connectivity index (χ3n) is 7.24. The highest BCUT2D eigenvalue weighted by Gasteiger charge is 2.34. The summed E-state index contributed by atoms with van der Waals surface area (Å²) in [5.41, 5.74) is 2.69. The summed E-state index contributed by atoms with van der Waals surface area (Å²) in [5.74, 6) is 0.264. The average Bonchev–Trinajstić information content (AvgIpc) is 3.29.